The highest BCUT2D eigenvalue weighted by molar-refractivity contribution is 5.93. The summed E-state index contributed by atoms with van der Waals surface area (Å²) in [5, 5.41) is 2.87. The van der Waals surface area contributed by atoms with Crippen molar-refractivity contribution in [3.63, 3.8) is 0 Å². The summed E-state index contributed by atoms with van der Waals surface area (Å²) >= 11 is 0. The van der Waals surface area contributed by atoms with Crippen molar-refractivity contribution < 1.29 is 4.79 Å². The molecule has 0 aliphatic carbocycles. The Bertz CT molecular complexity index is 1050. The van der Waals surface area contributed by atoms with E-state index in [0.29, 0.717) is 12.1 Å². The molecule has 0 saturated heterocycles. The van der Waals surface area contributed by atoms with Crippen molar-refractivity contribution in [2.24, 2.45) is 7.05 Å². The maximum Gasteiger partial charge on any atom is 0.251 e. The summed E-state index contributed by atoms with van der Waals surface area (Å²) in [6.45, 7) is 2.37. The summed E-state index contributed by atoms with van der Waals surface area (Å²) < 4.78 is 1.44. The Morgan fingerprint density at radius 1 is 1.04 bits per heavy atom. The molecule has 1 aliphatic heterocycles. The lowest BCUT2D eigenvalue weighted by molar-refractivity contribution is 0.0950. The molecule has 0 saturated carbocycles. The second kappa shape index (κ2) is 7.72. The van der Waals surface area contributed by atoms with Gasteiger partial charge in [0, 0.05) is 50.2 Å². The number of aryl methyl sites for hydroxylation is 1. The van der Waals surface area contributed by atoms with E-state index in [1.807, 2.05) is 12.1 Å². The predicted octanol–water partition coefficient (Wildman–Crippen LogP) is 2.88. The van der Waals surface area contributed by atoms with Crippen LogP contribution in [0.5, 0.6) is 0 Å². The number of nitrogens with one attached hydrogen (secondary N) is 1. The van der Waals surface area contributed by atoms with Crippen LogP contribution in [0.1, 0.15) is 27.0 Å². The van der Waals surface area contributed by atoms with Crippen molar-refractivity contribution in [2.45, 2.75) is 19.5 Å². The van der Waals surface area contributed by atoms with Gasteiger partial charge in [-0.05, 0) is 35.2 Å². The van der Waals surface area contributed by atoms with Crippen LogP contribution in [0.15, 0.2) is 71.7 Å². The van der Waals surface area contributed by atoms with Crippen molar-refractivity contribution in [1.29, 1.82) is 0 Å². The lowest BCUT2D eigenvalue weighted by atomic mass is 10.1. The Morgan fingerprint density at radius 3 is 2.57 bits per heavy atom. The SMILES string of the molecule is Cn1ccc(C(=O)NCc2ccc(CN3CCc4ccccc43)cc2)cc1=O. The third kappa shape index (κ3) is 3.83. The monoisotopic (exact) mass is 373 g/mol. The maximum absolute atomic E-state index is 12.2. The van der Waals surface area contributed by atoms with Crippen molar-refractivity contribution in [1.82, 2.24) is 9.88 Å². The van der Waals surface area contributed by atoms with Gasteiger partial charge in [0.15, 0.2) is 0 Å². The van der Waals surface area contributed by atoms with Crippen LogP contribution in [0.25, 0.3) is 0 Å². The molecule has 0 unspecified atom stereocenters. The van der Waals surface area contributed by atoms with Gasteiger partial charge >= 0.3 is 0 Å². The number of carbonyl (C=O) groups excluding carboxylic acids is 1. The zero-order valence-electron chi connectivity index (χ0n) is 15.9. The number of hydrogen-bond acceptors (Lipinski definition) is 3. The summed E-state index contributed by atoms with van der Waals surface area (Å²) in [6.07, 6.45) is 2.70. The number of nitrogens with zero attached hydrogens (tertiary/aromatic N) is 2. The van der Waals surface area contributed by atoms with Gasteiger partial charge in [-0.1, -0.05) is 42.5 Å². The molecule has 0 radical (unpaired) electrons. The molecule has 0 spiro atoms. The molecule has 2 heterocycles. The molecule has 28 heavy (non-hydrogen) atoms. The minimum absolute atomic E-state index is 0.194. The molecule has 4 rings (SSSR count). The van der Waals surface area contributed by atoms with E-state index >= 15 is 0 Å². The van der Waals surface area contributed by atoms with E-state index < -0.39 is 0 Å². The molecule has 1 N–H and O–H groups in total. The van der Waals surface area contributed by atoms with Crippen LogP contribution in [0.2, 0.25) is 0 Å². The van der Waals surface area contributed by atoms with Crippen molar-refractivity contribution in [3.05, 3.63) is 99.5 Å². The van der Waals surface area contributed by atoms with Gasteiger partial charge in [-0.15, -0.1) is 0 Å². The first kappa shape index (κ1) is 18.0. The van der Waals surface area contributed by atoms with E-state index in [0.717, 1.165) is 25.1 Å². The van der Waals surface area contributed by atoms with Crippen LogP contribution in [-0.2, 0) is 26.6 Å². The molecule has 1 aromatic heterocycles. The van der Waals surface area contributed by atoms with Crippen LogP contribution in [0.3, 0.4) is 0 Å². The molecular weight excluding hydrogens is 350 g/mol. The number of rotatable bonds is 5. The first-order valence-corrected chi connectivity index (χ1v) is 9.46. The Morgan fingerprint density at radius 2 is 1.79 bits per heavy atom. The standard InChI is InChI=1S/C23H23N3O2/c1-25-12-10-20(14-22(25)27)23(28)24-15-17-6-8-18(9-7-17)16-26-13-11-19-4-2-3-5-21(19)26/h2-10,12,14H,11,13,15-16H2,1H3,(H,24,28). The Labute approximate surface area is 164 Å². The second-order valence-corrected chi connectivity index (χ2v) is 7.16. The van der Waals surface area contributed by atoms with Gasteiger partial charge in [-0.3, -0.25) is 9.59 Å². The third-order valence-electron chi connectivity index (χ3n) is 5.20. The van der Waals surface area contributed by atoms with Gasteiger partial charge in [-0.2, -0.15) is 0 Å². The zero-order valence-corrected chi connectivity index (χ0v) is 15.9. The molecule has 0 atom stereocenters. The number of para-hydroxylation sites is 1. The zero-order chi connectivity index (χ0) is 19.5. The highest BCUT2D eigenvalue weighted by Gasteiger charge is 2.18. The first-order valence-electron chi connectivity index (χ1n) is 9.46. The number of fused-ring (bicyclic) bond motifs is 1. The third-order valence-corrected chi connectivity index (χ3v) is 5.20. The summed E-state index contributed by atoms with van der Waals surface area (Å²) in [5.41, 5.74) is 5.21. The number of pyridine rings is 1. The molecule has 0 bridgehead atoms. The van der Waals surface area contributed by atoms with Gasteiger partial charge in [0.1, 0.15) is 0 Å². The number of carbonyl (C=O) groups is 1. The first-order chi connectivity index (χ1) is 13.6. The van der Waals surface area contributed by atoms with Crippen molar-refractivity contribution in [2.75, 3.05) is 11.4 Å². The molecule has 5 nitrogen and oxygen atoms in total. The van der Waals surface area contributed by atoms with Crippen molar-refractivity contribution >= 4 is 11.6 Å². The molecular formula is C23H23N3O2. The van der Waals surface area contributed by atoms with Crippen molar-refractivity contribution in [3.8, 4) is 0 Å². The minimum atomic E-state index is -0.240. The second-order valence-electron chi connectivity index (χ2n) is 7.16. The normalized spacial score (nSPS) is 12.7. The highest BCUT2D eigenvalue weighted by Crippen LogP contribution is 2.28. The van der Waals surface area contributed by atoms with E-state index in [9.17, 15) is 9.59 Å². The largest absolute Gasteiger partial charge is 0.367 e. The Balaban J connectivity index is 1.35. The van der Waals surface area contributed by atoms with E-state index in [1.165, 1.54) is 27.4 Å². The summed E-state index contributed by atoms with van der Waals surface area (Å²) in [7, 11) is 1.66. The summed E-state index contributed by atoms with van der Waals surface area (Å²) in [5.74, 6) is -0.240. The molecule has 1 aliphatic rings. The number of hydrogen-bond donors (Lipinski definition) is 1. The highest BCUT2D eigenvalue weighted by atomic mass is 16.2. The molecule has 1 amide bonds. The summed E-state index contributed by atoms with van der Waals surface area (Å²) in [4.78, 5) is 26.3. The fourth-order valence-electron chi connectivity index (χ4n) is 3.53. The van der Waals surface area contributed by atoms with Gasteiger partial charge in [0.25, 0.3) is 11.5 Å². The fourth-order valence-corrected chi connectivity index (χ4v) is 3.53. The number of benzene rings is 2. The van der Waals surface area contributed by atoms with Gasteiger partial charge in [-0.25, -0.2) is 0 Å². The predicted molar refractivity (Wildman–Crippen MR) is 110 cm³/mol. The van der Waals surface area contributed by atoms with Crippen LogP contribution in [0.4, 0.5) is 5.69 Å². The maximum atomic E-state index is 12.2. The number of aromatic nitrogens is 1. The lowest BCUT2D eigenvalue weighted by Gasteiger charge is -2.19. The average molecular weight is 373 g/mol. The molecule has 0 fully saturated rings. The Kier molecular flexibility index (Phi) is 4.98. The average Bonchev–Trinajstić information content (AvgIpc) is 3.12. The fraction of sp³-hybridized carbons (Fsp3) is 0.217. The van der Waals surface area contributed by atoms with Gasteiger partial charge in [0.2, 0.25) is 0 Å². The Hall–Kier alpha value is -3.34. The molecule has 142 valence electrons. The van der Waals surface area contributed by atoms with E-state index in [-0.39, 0.29) is 11.5 Å². The molecule has 2 aromatic carbocycles. The van der Waals surface area contributed by atoms with E-state index in [4.69, 9.17) is 0 Å². The topological polar surface area (TPSA) is 54.3 Å². The van der Waals surface area contributed by atoms with E-state index in [1.54, 1.807) is 19.3 Å². The molecule has 3 aromatic rings. The smallest absolute Gasteiger partial charge is 0.251 e. The minimum Gasteiger partial charge on any atom is -0.367 e. The van der Waals surface area contributed by atoms with Crippen LogP contribution in [0, 0.1) is 0 Å². The lowest BCUT2D eigenvalue weighted by Crippen LogP contribution is -2.25. The van der Waals surface area contributed by atoms with Crippen LogP contribution >= 0.6 is 0 Å². The van der Waals surface area contributed by atoms with Gasteiger partial charge < -0.3 is 14.8 Å². The van der Waals surface area contributed by atoms with Crippen LogP contribution in [-0.4, -0.2) is 17.0 Å². The number of amides is 1. The summed E-state index contributed by atoms with van der Waals surface area (Å²) in [6, 6.07) is 19.9. The van der Waals surface area contributed by atoms with E-state index in [2.05, 4.69) is 46.6 Å². The number of anilines is 1. The van der Waals surface area contributed by atoms with Crippen LogP contribution < -0.4 is 15.8 Å². The quantitative estimate of drug-likeness (QED) is 0.748. The molecule has 5 heteroatoms. The van der Waals surface area contributed by atoms with Gasteiger partial charge in [0.05, 0.1) is 0 Å².